The van der Waals surface area contributed by atoms with Crippen LogP contribution in [0.25, 0.3) is 0 Å². The van der Waals surface area contributed by atoms with Crippen molar-refractivity contribution in [2.45, 2.75) is 18.8 Å². The molecule has 0 aromatic heterocycles. The van der Waals surface area contributed by atoms with Gasteiger partial charge in [-0.05, 0) is 8.84 Å². The first-order valence-electron chi connectivity index (χ1n) is 2.74. The van der Waals surface area contributed by atoms with Gasteiger partial charge in [0, 0.05) is 23.6 Å². The molecule has 0 aromatic carbocycles. The molecule has 0 fully saturated rings. The van der Waals surface area contributed by atoms with E-state index in [2.05, 4.69) is 23.6 Å². The Bertz CT molecular complexity index is 207. The molecular weight excluding hydrogens is 287 g/mol. The first-order valence-corrected chi connectivity index (χ1v) is 3.42. The van der Waals surface area contributed by atoms with Crippen LogP contribution in [0.5, 0.6) is 0 Å². The van der Waals surface area contributed by atoms with Crippen LogP contribution >= 0.6 is 23.6 Å². The van der Waals surface area contributed by atoms with E-state index >= 15 is 0 Å². The van der Waals surface area contributed by atoms with E-state index in [1.54, 1.807) is 0 Å². The molecule has 0 bridgehead atoms. The highest BCUT2D eigenvalue weighted by molar-refractivity contribution is 6.34. The Kier molecular flexibility index (Phi) is 4.06. The Balaban J connectivity index is 5.33. The van der Waals surface area contributed by atoms with E-state index in [0.29, 0.717) is 0 Å². The van der Waals surface area contributed by atoms with Crippen LogP contribution in [0.4, 0.5) is 35.1 Å². The van der Waals surface area contributed by atoms with Gasteiger partial charge in [0.2, 0.25) is 0 Å². The minimum atomic E-state index is -6.39. The van der Waals surface area contributed by atoms with E-state index in [1.807, 2.05) is 0 Å². The van der Waals surface area contributed by atoms with Gasteiger partial charge in [-0.2, -0.15) is 35.1 Å². The summed E-state index contributed by atoms with van der Waals surface area (Å²) < 4.78 is 93.1. The quantitative estimate of drug-likeness (QED) is 0.332. The van der Waals surface area contributed by atoms with E-state index in [-0.39, 0.29) is 0 Å². The summed E-state index contributed by atoms with van der Waals surface area (Å²) in [5, 5.41) is 0. The lowest BCUT2D eigenvalue weighted by molar-refractivity contribution is -0.452. The maximum Gasteiger partial charge on any atom is 0.473 e. The maximum absolute atomic E-state index is 12.4. The Morgan fingerprint density at radius 1 is 0.667 bits per heavy atom. The SMILES string of the molecule is FC(F)(F)N(C(F)(F)F)C(F)(F)N(Cl)Cl. The van der Waals surface area contributed by atoms with Crippen LogP contribution in [0.1, 0.15) is 0 Å². The summed E-state index contributed by atoms with van der Waals surface area (Å²) in [6, 6.07) is 0. The summed E-state index contributed by atoms with van der Waals surface area (Å²) in [5.41, 5.74) is 0. The van der Waals surface area contributed by atoms with E-state index in [0.717, 1.165) is 0 Å². The van der Waals surface area contributed by atoms with Gasteiger partial charge in [0.15, 0.2) is 0 Å². The molecule has 0 aliphatic carbocycles. The monoisotopic (exact) mass is 286 g/mol. The van der Waals surface area contributed by atoms with Crippen molar-refractivity contribution in [3.05, 3.63) is 0 Å². The maximum atomic E-state index is 12.4. The Morgan fingerprint density at radius 3 is 1.00 bits per heavy atom. The largest absolute Gasteiger partial charge is 0.473 e. The molecule has 0 atom stereocenters. The third kappa shape index (κ3) is 3.47. The molecule has 0 spiro atoms. The number of rotatable bonds is 2. The van der Waals surface area contributed by atoms with E-state index in [4.69, 9.17) is 0 Å². The molecule has 0 aromatic rings. The number of nitrogens with zero attached hydrogens (tertiary/aromatic N) is 2. The zero-order valence-corrected chi connectivity index (χ0v) is 7.69. The molecule has 0 unspecified atom stereocenters. The molecule has 0 rings (SSSR count). The van der Waals surface area contributed by atoms with Crippen molar-refractivity contribution in [1.29, 1.82) is 0 Å². The van der Waals surface area contributed by atoms with Crippen LogP contribution in [0.2, 0.25) is 0 Å². The molecule has 0 radical (unpaired) electrons. The summed E-state index contributed by atoms with van der Waals surface area (Å²) in [6.07, 6.45) is -18.4. The number of halogens is 10. The lowest BCUT2D eigenvalue weighted by Crippen LogP contribution is -2.61. The van der Waals surface area contributed by atoms with Gasteiger partial charge in [-0.1, -0.05) is 0 Å². The summed E-state index contributed by atoms with van der Waals surface area (Å²) in [4.78, 5) is -3.03. The first kappa shape index (κ1) is 14.9. The van der Waals surface area contributed by atoms with Crippen molar-refractivity contribution < 1.29 is 35.1 Å². The van der Waals surface area contributed by atoms with Crippen molar-refractivity contribution in [2.24, 2.45) is 0 Å². The van der Waals surface area contributed by atoms with Gasteiger partial charge in [0.25, 0.3) is 0 Å². The van der Waals surface area contributed by atoms with E-state index < -0.39 is 27.6 Å². The van der Waals surface area contributed by atoms with Crippen LogP contribution in [0.15, 0.2) is 0 Å². The fourth-order valence-corrected chi connectivity index (χ4v) is 0.676. The summed E-state index contributed by atoms with van der Waals surface area (Å²) in [7, 11) is 0. The molecule has 0 heterocycles. The topological polar surface area (TPSA) is 6.48 Å². The van der Waals surface area contributed by atoms with Gasteiger partial charge >= 0.3 is 18.8 Å². The predicted molar refractivity (Wildman–Crippen MR) is 32.4 cm³/mol. The minimum Gasteiger partial charge on any atom is -0.169 e. The first-order chi connectivity index (χ1) is 6.31. The molecule has 0 amide bonds. The molecule has 0 aliphatic rings. The average Bonchev–Trinajstić information content (AvgIpc) is 1.76. The van der Waals surface area contributed by atoms with Crippen molar-refractivity contribution in [1.82, 2.24) is 8.84 Å². The second-order valence-corrected chi connectivity index (χ2v) is 2.86. The predicted octanol–water partition coefficient (Wildman–Crippen LogP) is 3.49. The Hall–Kier alpha value is -0.0600. The normalized spacial score (nSPS) is 15.2. The van der Waals surface area contributed by atoms with Crippen LogP contribution in [-0.2, 0) is 0 Å². The molecular formula is C3Cl2F8N2. The van der Waals surface area contributed by atoms with Gasteiger partial charge in [-0.25, -0.2) is 0 Å². The van der Waals surface area contributed by atoms with Crippen molar-refractivity contribution in [2.75, 3.05) is 0 Å². The van der Waals surface area contributed by atoms with Gasteiger partial charge in [0.1, 0.15) is 0 Å². The number of hydrogen-bond acceptors (Lipinski definition) is 2. The second-order valence-electron chi connectivity index (χ2n) is 2.01. The number of alkyl halides is 8. The fourth-order valence-electron chi connectivity index (χ4n) is 0.524. The molecule has 0 saturated carbocycles. The zero-order valence-electron chi connectivity index (χ0n) is 6.17. The average molecular weight is 287 g/mol. The van der Waals surface area contributed by atoms with Crippen molar-refractivity contribution in [3.8, 4) is 0 Å². The molecule has 0 aliphatic heterocycles. The van der Waals surface area contributed by atoms with E-state index in [1.165, 1.54) is 0 Å². The van der Waals surface area contributed by atoms with Gasteiger partial charge < -0.3 is 0 Å². The lowest BCUT2D eigenvalue weighted by Gasteiger charge is -2.33. The van der Waals surface area contributed by atoms with Gasteiger partial charge in [-0.3, -0.25) is 0 Å². The standard InChI is InChI=1S/C3Cl2F8N2/c4-15(5)3(12,13)14(1(6,7)8)2(9,10)11. The highest BCUT2D eigenvalue weighted by Crippen LogP contribution is 2.44. The Labute approximate surface area is 87.1 Å². The summed E-state index contributed by atoms with van der Waals surface area (Å²) >= 11 is 8.37. The molecule has 15 heavy (non-hydrogen) atoms. The molecule has 0 N–H and O–H groups in total. The van der Waals surface area contributed by atoms with Crippen LogP contribution < -0.4 is 0 Å². The van der Waals surface area contributed by atoms with Crippen LogP contribution in [-0.4, -0.2) is 27.6 Å². The summed E-state index contributed by atoms with van der Waals surface area (Å²) in [6.45, 7) is 0. The molecule has 2 nitrogen and oxygen atoms in total. The van der Waals surface area contributed by atoms with Crippen molar-refractivity contribution in [3.63, 3.8) is 0 Å². The van der Waals surface area contributed by atoms with Crippen LogP contribution in [0.3, 0.4) is 0 Å². The third-order valence-electron chi connectivity index (χ3n) is 0.979. The van der Waals surface area contributed by atoms with Crippen LogP contribution in [0, 0.1) is 0 Å². The Morgan fingerprint density at radius 2 is 0.933 bits per heavy atom. The third-order valence-corrected chi connectivity index (χ3v) is 1.39. The van der Waals surface area contributed by atoms with Crippen molar-refractivity contribution >= 4 is 23.6 Å². The smallest absolute Gasteiger partial charge is 0.169 e. The molecule has 92 valence electrons. The highest BCUT2D eigenvalue weighted by atomic mass is 35.5. The van der Waals surface area contributed by atoms with E-state index in [9.17, 15) is 35.1 Å². The van der Waals surface area contributed by atoms with Gasteiger partial charge in [0.05, 0.1) is 0 Å². The highest BCUT2D eigenvalue weighted by Gasteiger charge is 2.68. The molecule has 0 saturated heterocycles. The lowest BCUT2D eigenvalue weighted by atomic mass is 10.7. The minimum absolute atomic E-state index is 1.55. The second kappa shape index (κ2) is 4.07. The summed E-state index contributed by atoms with van der Waals surface area (Å²) in [5.74, 6) is 0. The zero-order chi connectivity index (χ0) is 12.7. The van der Waals surface area contributed by atoms with Gasteiger partial charge in [-0.15, -0.1) is 0 Å². The number of hydrogen-bond donors (Lipinski definition) is 0. The fraction of sp³-hybridized carbons (Fsp3) is 1.00. The molecule has 12 heteroatoms.